The Bertz CT molecular complexity index is 785. The molecule has 2 heterocycles. The van der Waals surface area contributed by atoms with Crippen molar-refractivity contribution in [2.24, 2.45) is 5.16 Å². The standard InChI is InChI=1S/C13H16N6O3S/c1-3-9(8(2)19(21)22)4-10(17-20)5-11-12-13(15-6-14-11)18(23)7-16-12/h4,6-8,20,23H,3,5H2,1-2H3. The number of imidazole rings is 1. The van der Waals surface area contributed by atoms with E-state index in [0.29, 0.717) is 28.9 Å². The predicted octanol–water partition coefficient (Wildman–Crippen LogP) is 1.89. The summed E-state index contributed by atoms with van der Waals surface area (Å²) in [4.78, 5) is 22.9. The summed E-state index contributed by atoms with van der Waals surface area (Å²) in [7, 11) is 0. The van der Waals surface area contributed by atoms with Gasteiger partial charge in [0.1, 0.15) is 18.2 Å². The van der Waals surface area contributed by atoms with Gasteiger partial charge in [-0.05, 0) is 12.5 Å². The quantitative estimate of drug-likeness (QED) is 0.273. The first-order valence-corrected chi connectivity index (χ1v) is 7.29. The Balaban J connectivity index is 2.33. The van der Waals surface area contributed by atoms with E-state index < -0.39 is 6.04 Å². The maximum atomic E-state index is 10.9. The number of nitrogens with zero attached hydrogens (tertiary/aromatic N) is 6. The molecule has 0 bridgehead atoms. The van der Waals surface area contributed by atoms with Gasteiger partial charge in [-0.25, -0.2) is 15.0 Å². The second kappa shape index (κ2) is 7.18. The van der Waals surface area contributed by atoms with E-state index in [1.54, 1.807) is 0 Å². The first-order valence-electron chi connectivity index (χ1n) is 6.89. The Hall–Kier alpha value is -2.49. The van der Waals surface area contributed by atoms with Gasteiger partial charge < -0.3 is 5.21 Å². The molecule has 0 fully saturated rings. The molecule has 9 nitrogen and oxygen atoms in total. The van der Waals surface area contributed by atoms with Crippen LogP contribution in [0.15, 0.2) is 29.5 Å². The van der Waals surface area contributed by atoms with E-state index in [-0.39, 0.29) is 17.1 Å². The molecule has 10 heteroatoms. The van der Waals surface area contributed by atoms with Crippen molar-refractivity contribution < 1.29 is 10.1 Å². The summed E-state index contributed by atoms with van der Waals surface area (Å²) < 4.78 is 1.46. The molecule has 0 radical (unpaired) electrons. The number of allylic oxidation sites excluding steroid dienone is 1. The fourth-order valence-electron chi connectivity index (χ4n) is 2.16. The van der Waals surface area contributed by atoms with Crippen LogP contribution in [-0.2, 0) is 6.42 Å². The van der Waals surface area contributed by atoms with Crippen molar-refractivity contribution in [2.45, 2.75) is 32.7 Å². The third-order valence-corrected chi connectivity index (χ3v) is 3.77. The molecular weight excluding hydrogens is 320 g/mol. The minimum absolute atomic E-state index is 0.175. The zero-order chi connectivity index (χ0) is 17.0. The average molecular weight is 336 g/mol. The maximum Gasteiger partial charge on any atom is 0.231 e. The fraction of sp³-hybridized carbons (Fsp3) is 0.385. The van der Waals surface area contributed by atoms with Crippen LogP contribution in [-0.4, -0.2) is 40.8 Å². The molecule has 0 saturated carbocycles. The molecule has 2 aromatic rings. The minimum atomic E-state index is -0.848. The Morgan fingerprint density at radius 2 is 2.30 bits per heavy atom. The highest BCUT2D eigenvalue weighted by atomic mass is 32.1. The highest BCUT2D eigenvalue weighted by Crippen LogP contribution is 2.16. The number of aromatic nitrogens is 4. The second-order valence-corrected chi connectivity index (χ2v) is 5.31. The highest BCUT2D eigenvalue weighted by molar-refractivity contribution is 7.78. The van der Waals surface area contributed by atoms with Crippen molar-refractivity contribution in [1.82, 2.24) is 18.9 Å². The van der Waals surface area contributed by atoms with Crippen LogP contribution in [0.4, 0.5) is 0 Å². The van der Waals surface area contributed by atoms with E-state index in [1.807, 2.05) is 6.92 Å². The van der Waals surface area contributed by atoms with Gasteiger partial charge in [0.2, 0.25) is 6.04 Å². The lowest BCUT2D eigenvalue weighted by Crippen LogP contribution is -2.19. The van der Waals surface area contributed by atoms with Gasteiger partial charge >= 0.3 is 0 Å². The third-order valence-electron chi connectivity index (χ3n) is 3.48. The summed E-state index contributed by atoms with van der Waals surface area (Å²) >= 11 is 4.18. The zero-order valence-electron chi connectivity index (χ0n) is 12.6. The minimum Gasteiger partial charge on any atom is -0.411 e. The normalized spacial score (nSPS) is 14.2. The number of nitro groups is 1. The molecule has 0 aliphatic rings. The van der Waals surface area contributed by atoms with Crippen molar-refractivity contribution >= 4 is 29.7 Å². The van der Waals surface area contributed by atoms with Gasteiger partial charge in [0, 0.05) is 23.8 Å². The van der Waals surface area contributed by atoms with Crippen molar-refractivity contribution in [3.63, 3.8) is 0 Å². The van der Waals surface area contributed by atoms with Gasteiger partial charge in [-0.1, -0.05) is 24.9 Å². The van der Waals surface area contributed by atoms with Gasteiger partial charge in [0.25, 0.3) is 0 Å². The number of hydrogen-bond donors (Lipinski definition) is 2. The Kier molecular flexibility index (Phi) is 5.27. The zero-order valence-corrected chi connectivity index (χ0v) is 13.5. The molecule has 0 aromatic carbocycles. The molecule has 0 aliphatic carbocycles. The average Bonchev–Trinajstić information content (AvgIpc) is 2.93. The molecular formula is C13H16N6O3S. The van der Waals surface area contributed by atoms with Crippen molar-refractivity contribution in [2.75, 3.05) is 0 Å². The van der Waals surface area contributed by atoms with Gasteiger partial charge in [0.15, 0.2) is 5.65 Å². The SMILES string of the molecule is CCC(=CC(Cc1ncnc2c1ncn2S)=NO)C(C)[N+](=O)[O-]. The van der Waals surface area contributed by atoms with Crippen molar-refractivity contribution in [3.8, 4) is 0 Å². The number of thiol groups is 1. The van der Waals surface area contributed by atoms with Crippen LogP contribution in [0.25, 0.3) is 11.2 Å². The summed E-state index contributed by atoms with van der Waals surface area (Å²) in [6.45, 7) is 3.31. The Morgan fingerprint density at radius 1 is 1.57 bits per heavy atom. The lowest BCUT2D eigenvalue weighted by Gasteiger charge is -2.08. The van der Waals surface area contributed by atoms with Gasteiger partial charge in [-0.3, -0.25) is 14.1 Å². The van der Waals surface area contributed by atoms with Crippen LogP contribution >= 0.6 is 12.8 Å². The van der Waals surface area contributed by atoms with Crippen LogP contribution in [0.3, 0.4) is 0 Å². The van der Waals surface area contributed by atoms with Crippen LogP contribution in [0.2, 0.25) is 0 Å². The van der Waals surface area contributed by atoms with Crippen molar-refractivity contribution in [3.05, 3.63) is 40.1 Å². The lowest BCUT2D eigenvalue weighted by atomic mass is 10.0. The molecule has 0 spiro atoms. The number of hydrogen-bond acceptors (Lipinski definition) is 8. The van der Waals surface area contributed by atoms with Crippen LogP contribution < -0.4 is 0 Å². The molecule has 1 N–H and O–H groups in total. The first-order chi connectivity index (χ1) is 11.0. The molecule has 0 aliphatic heterocycles. The topological polar surface area (TPSA) is 119 Å². The molecule has 2 rings (SSSR count). The fourth-order valence-corrected chi connectivity index (χ4v) is 2.35. The van der Waals surface area contributed by atoms with Crippen LogP contribution in [0, 0.1) is 10.1 Å². The molecule has 0 amide bonds. The van der Waals surface area contributed by atoms with Gasteiger partial charge in [-0.2, -0.15) is 0 Å². The van der Waals surface area contributed by atoms with E-state index in [4.69, 9.17) is 0 Å². The monoisotopic (exact) mass is 336 g/mol. The summed E-state index contributed by atoms with van der Waals surface area (Å²) in [6, 6.07) is -0.848. The van der Waals surface area contributed by atoms with E-state index in [0.717, 1.165) is 0 Å². The molecule has 1 atom stereocenters. The largest absolute Gasteiger partial charge is 0.411 e. The van der Waals surface area contributed by atoms with E-state index >= 15 is 0 Å². The van der Waals surface area contributed by atoms with E-state index in [1.165, 1.54) is 29.6 Å². The Labute approximate surface area is 137 Å². The third kappa shape index (κ3) is 3.65. The van der Waals surface area contributed by atoms with Gasteiger partial charge in [-0.15, -0.1) is 0 Å². The predicted molar refractivity (Wildman–Crippen MR) is 87.5 cm³/mol. The highest BCUT2D eigenvalue weighted by Gasteiger charge is 2.19. The number of fused-ring (bicyclic) bond motifs is 1. The second-order valence-electron chi connectivity index (χ2n) is 4.88. The van der Waals surface area contributed by atoms with Crippen LogP contribution in [0.1, 0.15) is 26.0 Å². The molecule has 23 heavy (non-hydrogen) atoms. The molecule has 1 unspecified atom stereocenters. The molecule has 2 aromatic heterocycles. The van der Waals surface area contributed by atoms with Crippen molar-refractivity contribution in [1.29, 1.82) is 0 Å². The Morgan fingerprint density at radius 3 is 2.91 bits per heavy atom. The van der Waals surface area contributed by atoms with Gasteiger partial charge in [0.05, 0.1) is 11.4 Å². The number of oxime groups is 1. The van der Waals surface area contributed by atoms with E-state index in [2.05, 4.69) is 32.9 Å². The maximum absolute atomic E-state index is 10.9. The smallest absolute Gasteiger partial charge is 0.231 e. The first kappa shape index (κ1) is 16.9. The van der Waals surface area contributed by atoms with Crippen LogP contribution in [0.5, 0.6) is 0 Å². The summed E-state index contributed by atoms with van der Waals surface area (Å²) in [6.07, 6.45) is 5.04. The summed E-state index contributed by atoms with van der Waals surface area (Å²) in [5.74, 6) is 0. The molecule has 0 saturated heterocycles. The summed E-state index contributed by atoms with van der Waals surface area (Å²) in [5, 5.41) is 23.4. The summed E-state index contributed by atoms with van der Waals surface area (Å²) in [5.41, 5.74) is 2.46. The molecule has 122 valence electrons. The van der Waals surface area contributed by atoms with E-state index in [9.17, 15) is 15.3 Å². The lowest BCUT2D eigenvalue weighted by molar-refractivity contribution is -0.507. The number of rotatable bonds is 6.